The smallest absolute Gasteiger partial charge is 0.246 e. The van der Waals surface area contributed by atoms with Crippen LogP contribution in [0.3, 0.4) is 0 Å². The van der Waals surface area contributed by atoms with Crippen LogP contribution in [0.25, 0.3) is 0 Å². The Balaban J connectivity index is 2.21. The molecule has 0 fully saturated rings. The molecule has 1 aromatic heterocycles. The van der Waals surface area contributed by atoms with Gasteiger partial charge in [-0.3, -0.25) is 4.79 Å². The van der Waals surface area contributed by atoms with Crippen molar-refractivity contribution >= 4 is 15.9 Å². The van der Waals surface area contributed by atoms with Crippen LogP contribution in [0, 0.1) is 13.8 Å². The molecule has 0 aliphatic heterocycles. The van der Waals surface area contributed by atoms with Crippen LogP contribution in [0.5, 0.6) is 0 Å². The highest BCUT2D eigenvalue weighted by molar-refractivity contribution is 7.89. The first-order valence-electron chi connectivity index (χ1n) is 7.25. The summed E-state index contributed by atoms with van der Waals surface area (Å²) in [5.74, 6) is -0.174. The number of benzene rings is 1. The van der Waals surface area contributed by atoms with E-state index in [0.717, 1.165) is 11.6 Å². The van der Waals surface area contributed by atoms with E-state index in [1.54, 1.807) is 19.1 Å². The normalized spacial score (nSPS) is 12.6. The number of aryl methyl sites for hydroxylation is 2. The fourth-order valence-electron chi connectivity index (χ4n) is 2.29. The van der Waals surface area contributed by atoms with E-state index in [1.165, 1.54) is 6.92 Å². The van der Waals surface area contributed by atoms with Gasteiger partial charge in [-0.1, -0.05) is 42.1 Å². The van der Waals surface area contributed by atoms with Crippen molar-refractivity contribution in [2.24, 2.45) is 0 Å². The zero-order valence-corrected chi connectivity index (χ0v) is 14.3. The molecule has 8 heteroatoms. The average Bonchev–Trinajstić information content (AvgIpc) is 2.91. The first-order chi connectivity index (χ1) is 11.3. The minimum Gasteiger partial charge on any atom is -0.360 e. The molecular formula is C16H19N3O4S. The minimum atomic E-state index is -3.81. The monoisotopic (exact) mass is 349 g/mol. The van der Waals surface area contributed by atoms with Crippen LogP contribution in [0.2, 0.25) is 0 Å². The van der Waals surface area contributed by atoms with E-state index in [9.17, 15) is 13.2 Å². The topological polar surface area (TPSA) is 101 Å². The van der Waals surface area contributed by atoms with E-state index in [1.807, 2.05) is 18.2 Å². The SMILES string of the molecule is C=CC(=O)NC(CNS(=O)(=O)c1c(C)noc1C)c1ccccc1. The van der Waals surface area contributed by atoms with Crippen LogP contribution in [-0.4, -0.2) is 26.0 Å². The Hall–Kier alpha value is -2.45. The fourth-order valence-corrected chi connectivity index (χ4v) is 3.66. The van der Waals surface area contributed by atoms with Crippen LogP contribution in [-0.2, 0) is 14.8 Å². The summed E-state index contributed by atoms with van der Waals surface area (Å²) in [6.07, 6.45) is 1.14. The van der Waals surface area contributed by atoms with Crippen LogP contribution >= 0.6 is 0 Å². The van der Waals surface area contributed by atoms with Gasteiger partial charge in [0.15, 0.2) is 5.76 Å². The largest absolute Gasteiger partial charge is 0.360 e. The fraction of sp³-hybridized carbons (Fsp3) is 0.250. The van der Waals surface area contributed by atoms with E-state index in [4.69, 9.17) is 4.52 Å². The van der Waals surface area contributed by atoms with Crippen molar-refractivity contribution in [2.75, 3.05) is 6.54 Å². The summed E-state index contributed by atoms with van der Waals surface area (Å²) >= 11 is 0. The molecule has 1 atom stereocenters. The molecule has 0 saturated heterocycles. The minimum absolute atomic E-state index is 0.0179. The standard InChI is InChI=1S/C16H19N3O4S/c1-4-15(20)18-14(13-8-6-5-7-9-13)10-17-24(21,22)16-11(2)19-23-12(16)3/h4-9,14,17H,1,10H2,2-3H3,(H,18,20). The maximum atomic E-state index is 12.5. The maximum absolute atomic E-state index is 12.5. The zero-order chi connectivity index (χ0) is 17.7. The Kier molecular flexibility index (Phi) is 5.53. The Morgan fingerprint density at radius 1 is 1.33 bits per heavy atom. The maximum Gasteiger partial charge on any atom is 0.246 e. The van der Waals surface area contributed by atoms with Crippen molar-refractivity contribution in [3.05, 3.63) is 60.0 Å². The third-order valence-electron chi connectivity index (χ3n) is 3.42. The molecule has 1 heterocycles. The van der Waals surface area contributed by atoms with Gasteiger partial charge in [-0.15, -0.1) is 0 Å². The molecule has 2 N–H and O–H groups in total. The quantitative estimate of drug-likeness (QED) is 0.740. The van der Waals surface area contributed by atoms with E-state index >= 15 is 0 Å². The first-order valence-corrected chi connectivity index (χ1v) is 8.74. The van der Waals surface area contributed by atoms with Gasteiger partial charge in [-0.05, 0) is 25.5 Å². The summed E-state index contributed by atoms with van der Waals surface area (Å²) in [4.78, 5) is 11.6. The van der Waals surface area contributed by atoms with Crippen molar-refractivity contribution in [1.29, 1.82) is 0 Å². The number of carbonyl (C=O) groups excluding carboxylic acids is 1. The molecule has 0 radical (unpaired) electrons. The highest BCUT2D eigenvalue weighted by atomic mass is 32.2. The molecular weight excluding hydrogens is 330 g/mol. The molecule has 7 nitrogen and oxygen atoms in total. The van der Waals surface area contributed by atoms with Crippen LogP contribution in [0.4, 0.5) is 0 Å². The van der Waals surface area contributed by atoms with Gasteiger partial charge in [0.05, 0.1) is 6.04 Å². The summed E-state index contributed by atoms with van der Waals surface area (Å²) in [5, 5.41) is 6.36. The Labute approximate surface area is 140 Å². The van der Waals surface area contributed by atoms with E-state index in [-0.39, 0.29) is 28.8 Å². The number of nitrogens with one attached hydrogen (secondary N) is 2. The summed E-state index contributed by atoms with van der Waals surface area (Å²) in [6, 6.07) is 8.53. The Morgan fingerprint density at radius 3 is 2.54 bits per heavy atom. The van der Waals surface area contributed by atoms with Crippen molar-refractivity contribution in [3.63, 3.8) is 0 Å². The van der Waals surface area contributed by atoms with Crippen LogP contribution in [0.15, 0.2) is 52.4 Å². The van der Waals surface area contributed by atoms with E-state index in [0.29, 0.717) is 0 Å². The van der Waals surface area contributed by atoms with Crippen molar-refractivity contribution in [1.82, 2.24) is 15.2 Å². The lowest BCUT2D eigenvalue weighted by molar-refractivity contribution is -0.117. The number of rotatable bonds is 7. The molecule has 1 amide bonds. The van der Waals surface area contributed by atoms with Crippen molar-refractivity contribution in [2.45, 2.75) is 24.8 Å². The average molecular weight is 349 g/mol. The second kappa shape index (κ2) is 7.41. The molecule has 0 aliphatic rings. The molecule has 2 rings (SSSR count). The molecule has 24 heavy (non-hydrogen) atoms. The third kappa shape index (κ3) is 4.09. The lowest BCUT2D eigenvalue weighted by atomic mass is 10.1. The van der Waals surface area contributed by atoms with Crippen LogP contribution in [0.1, 0.15) is 23.1 Å². The summed E-state index contributed by atoms with van der Waals surface area (Å²) in [6.45, 7) is 6.48. The molecule has 128 valence electrons. The van der Waals surface area contributed by atoms with Gasteiger partial charge >= 0.3 is 0 Å². The molecule has 2 aromatic rings. The number of nitrogens with zero attached hydrogens (tertiary/aromatic N) is 1. The molecule has 1 unspecified atom stereocenters. The predicted molar refractivity (Wildman–Crippen MR) is 88.7 cm³/mol. The molecule has 1 aromatic carbocycles. The van der Waals surface area contributed by atoms with Gasteiger partial charge in [0.2, 0.25) is 15.9 Å². The number of hydrogen-bond donors (Lipinski definition) is 2. The van der Waals surface area contributed by atoms with E-state index < -0.39 is 16.1 Å². The first kappa shape index (κ1) is 17.9. The van der Waals surface area contributed by atoms with Crippen LogP contribution < -0.4 is 10.0 Å². The highest BCUT2D eigenvalue weighted by Crippen LogP contribution is 2.19. The number of hydrogen-bond acceptors (Lipinski definition) is 5. The number of aromatic nitrogens is 1. The van der Waals surface area contributed by atoms with Gasteiger partial charge in [-0.25, -0.2) is 13.1 Å². The van der Waals surface area contributed by atoms with Crippen molar-refractivity contribution < 1.29 is 17.7 Å². The Bertz CT molecular complexity index is 809. The predicted octanol–water partition coefficient (Wildman–Crippen LogP) is 1.61. The van der Waals surface area contributed by atoms with Crippen molar-refractivity contribution in [3.8, 4) is 0 Å². The molecule has 0 spiro atoms. The van der Waals surface area contributed by atoms with Gasteiger partial charge in [0.1, 0.15) is 10.6 Å². The summed E-state index contributed by atoms with van der Waals surface area (Å²) < 4.78 is 32.4. The van der Waals surface area contributed by atoms with Gasteiger partial charge in [0, 0.05) is 6.54 Å². The number of carbonyl (C=O) groups is 1. The van der Waals surface area contributed by atoms with E-state index in [2.05, 4.69) is 21.8 Å². The molecule has 0 bridgehead atoms. The second-order valence-electron chi connectivity index (χ2n) is 5.18. The molecule has 0 aliphatic carbocycles. The zero-order valence-electron chi connectivity index (χ0n) is 13.4. The lowest BCUT2D eigenvalue weighted by Crippen LogP contribution is -2.37. The third-order valence-corrected chi connectivity index (χ3v) is 5.08. The van der Waals surface area contributed by atoms with Gasteiger partial charge in [-0.2, -0.15) is 0 Å². The molecule has 0 saturated carbocycles. The van der Waals surface area contributed by atoms with Gasteiger partial charge in [0.25, 0.3) is 0 Å². The number of sulfonamides is 1. The summed E-state index contributed by atoms with van der Waals surface area (Å²) in [7, 11) is -3.81. The Morgan fingerprint density at radius 2 is 2.00 bits per heavy atom. The summed E-state index contributed by atoms with van der Waals surface area (Å²) in [5.41, 5.74) is 1.06. The lowest BCUT2D eigenvalue weighted by Gasteiger charge is -2.19. The number of amides is 1. The highest BCUT2D eigenvalue weighted by Gasteiger charge is 2.25. The van der Waals surface area contributed by atoms with Gasteiger partial charge < -0.3 is 9.84 Å². The second-order valence-corrected chi connectivity index (χ2v) is 6.88.